The molecule has 1 heteroatoms. The second-order valence-corrected chi connectivity index (χ2v) is 14.2. The molecule has 1 heterocycles. The monoisotopic (exact) mass is 628 g/mol. The average molecular weight is 629 g/mol. The van der Waals surface area contributed by atoms with Gasteiger partial charge in [-0.05, 0) is 115 Å². The highest BCUT2D eigenvalue weighted by atomic mass is 32.1. The first-order valence-corrected chi connectivity index (χ1v) is 17.8. The summed E-state index contributed by atoms with van der Waals surface area (Å²) in [6.45, 7) is 0. The van der Waals surface area contributed by atoms with Gasteiger partial charge in [0.1, 0.15) is 0 Å². The zero-order valence-corrected chi connectivity index (χ0v) is 27.4. The largest absolute Gasteiger partial charge is 0.135 e. The molecule has 0 aliphatic heterocycles. The first-order chi connectivity index (χ1) is 23.8. The van der Waals surface area contributed by atoms with E-state index in [1.807, 2.05) is 11.3 Å². The molecule has 0 bridgehead atoms. The van der Waals surface area contributed by atoms with Crippen molar-refractivity contribution in [3.8, 4) is 22.3 Å². The van der Waals surface area contributed by atoms with Gasteiger partial charge in [0.05, 0.1) is 0 Å². The molecule has 1 aromatic heterocycles. The fourth-order valence-electron chi connectivity index (χ4n) is 7.84. The van der Waals surface area contributed by atoms with Crippen LogP contribution >= 0.6 is 11.3 Å². The van der Waals surface area contributed by atoms with Crippen LogP contribution in [0.2, 0.25) is 0 Å². The van der Waals surface area contributed by atoms with Crippen molar-refractivity contribution in [3.63, 3.8) is 0 Å². The van der Waals surface area contributed by atoms with Gasteiger partial charge in [-0.25, -0.2) is 0 Å². The number of aryl methyl sites for hydroxylation is 1. The van der Waals surface area contributed by atoms with Gasteiger partial charge < -0.3 is 0 Å². The molecule has 0 N–H and O–H groups in total. The lowest BCUT2D eigenvalue weighted by molar-refractivity contribution is 0.986. The standard InChI is InChI=1S/C47H32S/c1-2-9-33-26-36(21-20-30(33)8-1)39-25-24-37-27-35(22-23-38(37)28-39)32-18-16-31(17-19-32)34-10-7-15-45-44(29-34)46-42-13-5-3-11-40(42)41-12-4-6-14-43(41)47(46)48-45/h2-6,9-29H,1,7-8H2. The summed E-state index contributed by atoms with van der Waals surface area (Å²) in [5, 5.41) is 10.6. The van der Waals surface area contributed by atoms with Gasteiger partial charge in [0.2, 0.25) is 0 Å². The third kappa shape index (κ3) is 4.50. The molecule has 0 fully saturated rings. The molecule has 0 atom stereocenters. The smallest absolute Gasteiger partial charge is 0.0440 e. The minimum atomic E-state index is 0.929. The summed E-state index contributed by atoms with van der Waals surface area (Å²) < 4.78 is 2.76. The van der Waals surface area contributed by atoms with Crippen molar-refractivity contribution in [1.82, 2.24) is 0 Å². The lowest BCUT2D eigenvalue weighted by Gasteiger charge is -2.13. The number of benzene rings is 7. The molecule has 226 valence electrons. The molecule has 0 saturated carbocycles. The third-order valence-corrected chi connectivity index (χ3v) is 11.6. The van der Waals surface area contributed by atoms with Crippen molar-refractivity contribution in [3.05, 3.63) is 166 Å². The first kappa shape index (κ1) is 27.6. The maximum Gasteiger partial charge on any atom is 0.0440 e. The molecular weight excluding hydrogens is 597 g/mol. The van der Waals surface area contributed by atoms with Crippen LogP contribution in [0.3, 0.4) is 0 Å². The van der Waals surface area contributed by atoms with E-state index in [1.54, 1.807) is 0 Å². The zero-order chi connectivity index (χ0) is 31.6. The summed E-state index contributed by atoms with van der Waals surface area (Å²) in [5.74, 6) is 0. The van der Waals surface area contributed by atoms with E-state index in [1.165, 1.54) is 96.7 Å². The first-order valence-electron chi connectivity index (χ1n) is 17.0. The Hall–Kier alpha value is -5.50. The Labute approximate surface area is 283 Å². The van der Waals surface area contributed by atoms with Crippen LogP contribution in [0.5, 0.6) is 0 Å². The fourth-order valence-corrected chi connectivity index (χ4v) is 9.12. The molecule has 8 aromatic rings. The topological polar surface area (TPSA) is 0 Å². The van der Waals surface area contributed by atoms with E-state index in [2.05, 4.69) is 158 Å². The molecule has 2 aliphatic carbocycles. The number of fused-ring (bicyclic) bond motifs is 10. The van der Waals surface area contributed by atoms with Crippen LogP contribution in [0.4, 0.5) is 0 Å². The average Bonchev–Trinajstić information content (AvgIpc) is 3.39. The van der Waals surface area contributed by atoms with Gasteiger partial charge >= 0.3 is 0 Å². The third-order valence-electron chi connectivity index (χ3n) is 10.3. The van der Waals surface area contributed by atoms with Crippen molar-refractivity contribution in [1.29, 1.82) is 0 Å². The van der Waals surface area contributed by atoms with Gasteiger partial charge in [0.15, 0.2) is 0 Å². The second kappa shape index (κ2) is 11.0. The van der Waals surface area contributed by atoms with Gasteiger partial charge in [-0.2, -0.15) is 0 Å². The van der Waals surface area contributed by atoms with Crippen molar-refractivity contribution in [2.45, 2.75) is 19.3 Å². The summed E-state index contributed by atoms with van der Waals surface area (Å²) >= 11 is 1.94. The van der Waals surface area contributed by atoms with Crippen molar-refractivity contribution in [2.75, 3.05) is 0 Å². The Morgan fingerprint density at radius 1 is 0.521 bits per heavy atom. The Bertz CT molecular complexity index is 2790. The van der Waals surface area contributed by atoms with Crippen molar-refractivity contribution >= 4 is 77.5 Å². The quantitative estimate of drug-likeness (QED) is 0.171. The highest BCUT2D eigenvalue weighted by Gasteiger charge is 2.14. The Morgan fingerprint density at radius 3 is 1.94 bits per heavy atom. The molecule has 0 radical (unpaired) electrons. The van der Waals surface area contributed by atoms with Crippen LogP contribution in [-0.4, -0.2) is 0 Å². The van der Waals surface area contributed by atoms with E-state index < -0.39 is 0 Å². The predicted octanol–water partition coefficient (Wildman–Crippen LogP) is 11.7. The molecule has 0 unspecified atom stereocenters. The Morgan fingerprint density at radius 2 is 1.15 bits per heavy atom. The molecule has 0 spiro atoms. The Balaban J connectivity index is 1.00. The predicted molar refractivity (Wildman–Crippen MR) is 210 cm³/mol. The summed E-state index contributed by atoms with van der Waals surface area (Å²) in [6.07, 6.45) is 15.0. The number of allylic oxidation sites excluding steroid dienone is 3. The minimum Gasteiger partial charge on any atom is -0.135 e. The van der Waals surface area contributed by atoms with Crippen LogP contribution in [0.15, 0.2) is 140 Å². The summed E-state index contributed by atoms with van der Waals surface area (Å²) in [7, 11) is 0. The van der Waals surface area contributed by atoms with Crippen LogP contribution < -0.4 is 9.75 Å². The van der Waals surface area contributed by atoms with E-state index in [-0.39, 0.29) is 0 Å². The molecule has 0 saturated heterocycles. The number of hydrogen-bond donors (Lipinski definition) is 0. The number of thiophene rings is 1. The van der Waals surface area contributed by atoms with Gasteiger partial charge in [0, 0.05) is 25.2 Å². The van der Waals surface area contributed by atoms with Gasteiger partial charge in [-0.3, -0.25) is 0 Å². The van der Waals surface area contributed by atoms with Crippen molar-refractivity contribution < 1.29 is 0 Å². The Kier molecular flexibility index (Phi) is 6.35. The molecular formula is C47H32S. The van der Waals surface area contributed by atoms with Gasteiger partial charge in [-0.1, -0.05) is 133 Å². The maximum atomic E-state index is 2.43. The lowest BCUT2D eigenvalue weighted by atomic mass is 9.92. The number of hydrogen-bond acceptors (Lipinski definition) is 1. The van der Waals surface area contributed by atoms with E-state index in [9.17, 15) is 0 Å². The van der Waals surface area contributed by atoms with Crippen LogP contribution in [0, 0.1) is 0 Å². The zero-order valence-electron chi connectivity index (χ0n) is 26.5. The van der Waals surface area contributed by atoms with Crippen LogP contribution in [0.1, 0.15) is 29.5 Å². The fraction of sp³-hybridized carbons (Fsp3) is 0.0638. The highest BCUT2D eigenvalue weighted by Crippen LogP contribution is 2.36. The van der Waals surface area contributed by atoms with E-state index >= 15 is 0 Å². The maximum absolute atomic E-state index is 2.43. The normalized spacial score (nSPS) is 14.0. The highest BCUT2D eigenvalue weighted by molar-refractivity contribution is 7.18. The van der Waals surface area contributed by atoms with Gasteiger partial charge in [-0.15, -0.1) is 11.3 Å². The van der Waals surface area contributed by atoms with Crippen molar-refractivity contribution in [2.24, 2.45) is 0 Å². The van der Waals surface area contributed by atoms with Crippen LogP contribution in [-0.2, 0) is 6.42 Å². The number of rotatable bonds is 3. The van der Waals surface area contributed by atoms with E-state index in [4.69, 9.17) is 0 Å². The van der Waals surface area contributed by atoms with E-state index in [0.29, 0.717) is 0 Å². The minimum absolute atomic E-state index is 0.929. The summed E-state index contributed by atoms with van der Waals surface area (Å²) in [4.78, 5) is 0. The summed E-state index contributed by atoms with van der Waals surface area (Å²) in [5.41, 5.74) is 10.4. The van der Waals surface area contributed by atoms with E-state index in [0.717, 1.165) is 19.3 Å². The lowest BCUT2D eigenvalue weighted by Crippen LogP contribution is -2.17. The summed E-state index contributed by atoms with van der Waals surface area (Å²) in [6, 6.07) is 47.6. The molecule has 10 rings (SSSR count). The van der Waals surface area contributed by atoms with Crippen LogP contribution in [0.25, 0.3) is 88.5 Å². The second-order valence-electron chi connectivity index (χ2n) is 13.1. The SMILES string of the molecule is C1=Cc2cc(-c3ccc4cc(-c5ccc(C6=CCC=c7sc8c9ccccc9c9ccccc9c8c7=C6)cc5)ccc4c3)ccc2CC1. The van der Waals surface area contributed by atoms with Gasteiger partial charge in [0.25, 0.3) is 0 Å². The molecule has 0 nitrogen and oxygen atoms in total. The molecule has 48 heavy (non-hydrogen) atoms. The molecule has 2 aliphatic rings. The molecule has 7 aromatic carbocycles. The molecule has 0 amide bonds.